The Balaban J connectivity index is 0.953. The molecule has 3 heterocycles. The number of fused-ring (bicyclic) bond motifs is 18. The van der Waals surface area contributed by atoms with E-state index in [1.165, 1.54) is 132 Å². The Labute approximate surface area is 437 Å². The summed E-state index contributed by atoms with van der Waals surface area (Å²) in [5.74, 6) is 0. The zero-order chi connectivity index (χ0) is 48.5. The number of benzene rings is 13. The lowest BCUT2D eigenvalue weighted by atomic mass is 9.93. The smallest absolute Gasteiger partial charge is 0.180 e. The van der Waals surface area contributed by atoms with E-state index < -0.39 is 8.07 Å². The average molecular weight is 990 g/mol. The van der Waals surface area contributed by atoms with Gasteiger partial charge in [0.2, 0.25) is 0 Å². The summed E-state index contributed by atoms with van der Waals surface area (Å²) in [4.78, 5) is 2.52. The highest BCUT2D eigenvalue weighted by Crippen LogP contribution is 2.48. The average Bonchev–Trinajstić information content (AvgIpc) is 4.18. The van der Waals surface area contributed by atoms with Crippen molar-refractivity contribution in [3.8, 4) is 22.3 Å². The fraction of sp³-hybridized carbons (Fsp3) is 0. The zero-order valence-electron chi connectivity index (χ0n) is 40.1. The lowest BCUT2D eigenvalue weighted by Crippen LogP contribution is -2.72. The standard InChI is InChI=1S/C70H43NS2Si/c1-3-19-49(20-4-1)74(50-21-5-2-6-22-50)65-40-35-44-34-39-64-68(58-28-12-14-32-63(58)72-64)67(44)69(65)59-37-33-46(42-66(59)74)45-17-15-18-47(41-45)71(61-30-16-29-57-56-27-11-13-31-62(56)73-70(57)61)48-36-38-55-53-25-8-7-23-51(53)52-24-9-10-26-54(52)60(55)43-48/h1-43H. The molecule has 4 heteroatoms. The van der Waals surface area contributed by atoms with Crippen LogP contribution in [0.15, 0.2) is 261 Å². The molecule has 0 N–H and O–H groups in total. The van der Waals surface area contributed by atoms with Crippen LogP contribution in [0.5, 0.6) is 0 Å². The first kappa shape index (κ1) is 41.9. The summed E-state index contributed by atoms with van der Waals surface area (Å²) in [6.07, 6.45) is 0. The van der Waals surface area contributed by atoms with Gasteiger partial charge in [-0.05, 0) is 135 Å². The molecule has 16 rings (SSSR count). The van der Waals surface area contributed by atoms with Crippen molar-refractivity contribution >= 4 is 152 Å². The van der Waals surface area contributed by atoms with Crippen LogP contribution in [0.3, 0.4) is 0 Å². The fourth-order valence-electron chi connectivity index (χ4n) is 13.0. The van der Waals surface area contributed by atoms with E-state index in [2.05, 4.69) is 266 Å². The first-order valence-electron chi connectivity index (χ1n) is 25.5. The molecule has 1 aliphatic heterocycles. The summed E-state index contributed by atoms with van der Waals surface area (Å²) < 4.78 is 5.24. The van der Waals surface area contributed by atoms with E-state index in [4.69, 9.17) is 0 Å². The van der Waals surface area contributed by atoms with Gasteiger partial charge in [-0.15, -0.1) is 22.7 Å². The summed E-state index contributed by atoms with van der Waals surface area (Å²) in [6.45, 7) is 0. The fourth-order valence-corrected chi connectivity index (χ4v) is 20.5. The third-order valence-corrected chi connectivity index (χ3v) is 23.3. The van der Waals surface area contributed by atoms with Gasteiger partial charge >= 0.3 is 0 Å². The van der Waals surface area contributed by atoms with E-state index in [9.17, 15) is 0 Å². The number of anilines is 3. The second-order valence-electron chi connectivity index (χ2n) is 19.8. The third-order valence-electron chi connectivity index (χ3n) is 16.1. The Morgan fingerprint density at radius 1 is 0.311 bits per heavy atom. The van der Waals surface area contributed by atoms with Gasteiger partial charge in [0, 0.05) is 47.0 Å². The summed E-state index contributed by atoms with van der Waals surface area (Å²) in [5.41, 5.74) is 8.57. The minimum atomic E-state index is -2.90. The molecule has 344 valence electrons. The minimum absolute atomic E-state index is 1.12. The highest BCUT2D eigenvalue weighted by atomic mass is 32.1. The molecule has 0 saturated heterocycles. The molecule has 0 aliphatic carbocycles. The molecular formula is C70H43NS2Si. The van der Waals surface area contributed by atoms with Crippen LogP contribution < -0.4 is 25.6 Å². The Kier molecular flexibility index (Phi) is 9.17. The predicted octanol–water partition coefficient (Wildman–Crippen LogP) is 17.5. The second kappa shape index (κ2) is 16.2. The van der Waals surface area contributed by atoms with Crippen molar-refractivity contribution in [2.75, 3.05) is 4.90 Å². The van der Waals surface area contributed by atoms with Crippen molar-refractivity contribution in [1.82, 2.24) is 0 Å². The first-order valence-corrected chi connectivity index (χ1v) is 29.1. The Morgan fingerprint density at radius 2 is 0.878 bits per heavy atom. The molecule has 15 aromatic rings. The van der Waals surface area contributed by atoms with Crippen LogP contribution in [0.4, 0.5) is 17.1 Å². The molecule has 0 saturated carbocycles. The van der Waals surface area contributed by atoms with Crippen LogP contribution in [0.25, 0.3) is 106 Å². The third kappa shape index (κ3) is 5.96. The van der Waals surface area contributed by atoms with Gasteiger partial charge in [-0.25, -0.2) is 0 Å². The Bertz CT molecular complexity index is 4730. The van der Waals surface area contributed by atoms with E-state index in [1.54, 1.807) is 0 Å². The molecule has 0 bridgehead atoms. The molecule has 1 nitrogen and oxygen atoms in total. The molecular weight excluding hydrogens is 947 g/mol. The van der Waals surface area contributed by atoms with Crippen molar-refractivity contribution in [1.29, 1.82) is 0 Å². The SMILES string of the molecule is c1ccc([Si]2(c3ccccc3)c3cc(-c4cccc(N(c5ccc6c7ccccc7c7ccccc7c6c5)c5cccc6c5sc5ccccc56)c4)ccc3-c3c2ccc2ccc4sc5ccccc5c4c32)cc1. The van der Waals surface area contributed by atoms with Crippen LogP contribution in [0.2, 0.25) is 0 Å². The van der Waals surface area contributed by atoms with Gasteiger partial charge in [0.05, 0.1) is 10.4 Å². The summed E-state index contributed by atoms with van der Waals surface area (Å²) in [5, 5.41) is 21.3. The van der Waals surface area contributed by atoms with Crippen molar-refractivity contribution < 1.29 is 0 Å². The Hall–Kier alpha value is -8.64. The van der Waals surface area contributed by atoms with Crippen molar-refractivity contribution in [2.24, 2.45) is 0 Å². The van der Waals surface area contributed by atoms with Gasteiger partial charge in [-0.1, -0.05) is 212 Å². The molecule has 0 amide bonds. The first-order chi connectivity index (χ1) is 36.7. The quantitative estimate of drug-likeness (QED) is 0.119. The lowest BCUT2D eigenvalue weighted by Gasteiger charge is -2.31. The van der Waals surface area contributed by atoms with E-state index in [1.807, 2.05) is 22.7 Å². The van der Waals surface area contributed by atoms with Gasteiger partial charge in [0.1, 0.15) is 0 Å². The van der Waals surface area contributed by atoms with Crippen LogP contribution >= 0.6 is 22.7 Å². The van der Waals surface area contributed by atoms with E-state index in [0.29, 0.717) is 0 Å². The van der Waals surface area contributed by atoms with Gasteiger partial charge < -0.3 is 4.90 Å². The number of hydrogen-bond donors (Lipinski definition) is 0. The number of hydrogen-bond acceptors (Lipinski definition) is 3. The molecule has 0 atom stereocenters. The van der Waals surface area contributed by atoms with E-state index in [0.717, 1.165) is 11.4 Å². The molecule has 13 aromatic carbocycles. The summed E-state index contributed by atoms with van der Waals surface area (Å²) >= 11 is 3.79. The van der Waals surface area contributed by atoms with Crippen molar-refractivity contribution in [3.05, 3.63) is 261 Å². The van der Waals surface area contributed by atoms with Gasteiger partial charge in [-0.3, -0.25) is 0 Å². The van der Waals surface area contributed by atoms with Crippen LogP contribution in [-0.2, 0) is 0 Å². The van der Waals surface area contributed by atoms with Crippen LogP contribution in [0, 0.1) is 0 Å². The Morgan fingerprint density at radius 3 is 1.61 bits per heavy atom. The highest BCUT2D eigenvalue weighted by Gasteiger charge is 2.49. The largest absolute Gasteiger partial charge is 0.309 e. The summed E-state index contributed by atoms with van der Waals surface area (Å²) in [7, 11) is -2.90. The maximum absolute atomic E-state index is 2.90. The monoisotopic (exact) mass is 989 g/mol. The predicted molar refractivity (Wildman–Crippen MR) is 325 cm³/mol. The minimum Gasteiger partial charge on any atom is -0.309 e. The normalized spacial score (nSPS) is 13.0. The maximum atomic E-state index is 2.59. The lowest BCUT2D eigenvalue weighted by molar-refractivity contribution is 1.31. The number of thiophene rings is 2. The topological polar surface area (TPSA) is 3.24 Å². The second-order valence-corrected chi connectivity index (χ2v) is 25.7. The molecule has 1 aliphatic rings. The highest BCUT2D eigenvalue weighted by molar-refractivity contribution is 7.27. The molecule has 0 unspecified atom stereocenters. The van der Waals surface area contributed by atoms with Crippen molar-refractivity contribution in [2.45, 2.75) is 0 Å². The van der Waals surface area contributed by atoms with Gasteiger partial charge in [0.15, 0.2) is 8.07 Å². The van der Waals surface area contributed by atoms with Crippen molar-refractivity contribution in [3.63, 3.8) is 0 Å². The van der Waals surface area contributed by atoms with Crippen LogP contribution in [-0.4, -0.2) is 8.07 Å². The molecule has 0 radical (unpaired) electrons. The molecule has 2 aromatic heterocycles. The molecule has 0 spiro atoms. The van der Waals surface area contributed by atoms with Crippen LogP contribution in [0.1, 0.15) is 0 Å². The summed E-state index contributed by atoms with van der Waals surface area (Å²) in [6, 6.07) is 98.9. The van der Waals surface area contributed by atoms with E-state index >= 15 is 0 Å². The van der Waals surface area contributed by atoms with Gasteiger partial charge in [0.25, 0.3) is 0 Å². The maximum Gasteiger partial charge on any atom is 0.180 e. The van der Waals surface area contributed by atoms with Gasteiger partial charge in [-0.2, -0.15) is 0 Å². The van der Waals surface area contributed by atoms with E-state index in [-0.39, 0.29) is 0 Å². The number of nitrogens with zero attached hydrogens (tertiary/aromatic N) is 1. The number of rotatable bonds is 6. The zero-order valence-corrected chi connectivity index (χ0v) is 42.7. The molecule has 74 heavy (non-hydrogen) atoms. The molecule has 0 fully saturated rings.